The van der Waals surface area contributed by atoms with Crippen molar-refractivity contribution in [2.75, 3.05) is 23.7 Å². The van der Waals surface area contributed by atoms with Gasteiger partial charge in [0.05, 0.1) is 11.6 Å². The van der Waals surface area contributed by atoms with E-state index in [1.807, 2.05) is 6.07 Å². The number of benzene rings is 1. The van der Waals surface area contributed by atoms with Gasteiger partial charge < -0.3 is 10.6 Å². The third kappa shape index (κ3) is 4.67. The van der Waals surface area contributed by atoms with E-state index in [9.17, 15) is 4.79 Å². The number of amides is 2. The van der Waals surface area contributed by atoms with Crippen molar-refractivity contribution < 1.29 is 4.79 Å². The van der Waals surface area contributed by atoms with Crippen LogP contribution in [0, 0.1) is 11.3 Å². The second-order valence-electron chi connectivity index (χ2n) is 5.21. The van der Waals surface area contributed by atoms with Crippen LogP contribution in [-0.4, -0.2) is 34.6 Å². The van der Waals surface area contributed by atoms with Gasteiger partial charge in [-0.15, -0.1) is 10.2 Å². The van der Waals surface area contributed by atoms with Crippen molar-refractivity contribution in [3.05, 3.63) is 29.8 Å². The highest BCUT2D eigenvalue weighted by molar-refractivity contribution is 8.01. The third-order valence-electron chi connectivity index (χ3n) is 3.45. The minimum atomic E-state index is -0.380. The van der Waals surface area contributed by atoms with E-state index in [1.54, 1.807) is 36.0 Å². The van der Waals surface area contributed by atoms with Gasteiger partial charge in [0.15, 0.2) is 4.34 Å². The maximum atomic E-state index is 12.0. The minimum Gasteiger partial charge on any atom is -0.317 e. The van der Waals surface area contributed by atoms with E-state index in [2.05, 4.69) is 26.1 Å². The van der Waals surface area contributed by atoms with Crippen LogP contribution in [0.1, 0.15) is 18.4 Å². The van der Waals surface area contributed by atoms with Gasteiger partial charge in [0.2, 0.25) is 5.13 Å². The van der Waals surface area contributed by atoms with E-state index in [1.165, 1.54) is 11.3 Å². The van der Waals surface area contributed by atoms with Crippen LogP contribution < -0.4 is 16.0 Å². The lowest BCUT2D eigenvalue weighted by Crippen LogP contribution is -2.29. The van der Waals surface area contributed by atoms with Crippen molar-refractivity contribution in [2.45, 2.75) is 22.4 Å². The molecule has 0 aliphatic carbocycles. The Morgan fingerprint density at radius 2 is 2.00 bits per heavy atom. The molecule has 1 aliphatic rings. The largest absolute Gasteiger partial charge is 0.325 e. The molecule has 0 saturated carbocycles. The molecular weight excluding hydrogens is 344 g/mol. The smallest absolute Gasteiger partial charge is 0.317 e. The third-order valence-corrected chi connectivity index (χ3v) is 5.71. The first kappa shape index (κ1) is 16.7. The topological polar surface area (TPSA) is 103 Å². The average molecular weight is 360 g/mol. The van der Waals surface area contributed by atoms with Gasteiger partial charge in [0.1, 0.15) is 0 Å². The van der Waals surface area contributed by atoms with Crippen LogP contribution >= 0.6 is 23.1 Å². The average Bonchev–Trinajstić information content (AvgIpc) is 3.03. The van der Waals surface area contributed by atoms with Gasteiger partial charge in [-0.2, -0.15) is 5.26 Å². The van der Waals surface area contributed by atoms with Gasteiger partial charge in [-0.1, -0.05) is 23.1 Å². The number of thioether (sulfide) groups is 1. The second-order valence-corrected chi connectivity index (χ2v) is 7.73. The fourth-order valence-electron chi connectivity index (χ4n) is 2.25. The summed E-state index contributed by atoms with van der Waals surface area (Å²) in [5.41, 5.74) is 1.16. The SMILES string of the molecule is N#Cc1ccc(NC(=O)Nc2nnc(SC3CCNCC3)s2)cc1. The molecule has 1 aromatic heterocycles. The Balaban J connectivity index is 1.51. The molecule has 124 valence electrons. The molecule has 2 aromatic rings. The number of carbonyl (C=O) groups excluding carboxylic acids is 1. The van der Waals surface area contributed by atoms with Crippen LogP contribution in [0.25, 0.3) is 0 Å². The van der Waals surface area contributed by atoms with Crippen molar-refractivity contribution >= 4 is 39.9 Å². The number of rotatable bonds is 4. The minimum absolute atomic E-state index is 0.380. The first-order chi connectivity index (χ1) is 11.7. The Morgan fingerprint density at radius 3 is 2.71 bits per heavy atom. The number of nitriles is 1. The molecule has 0 unspecified atom stereocenters. The van der Waals surface area contributed by atoms with Crippen LogP contribution in [0.5, 0.6) is 0 Å². The van der Waals surface area contributed by atoms with E-state index in [-0.39, 0.29) is 6.03 Å². The summed E-state index contributed by atoms with van der Waals surface area (Å²) in [6.07, 6.45) is 2.23. The van der Waals surface area contributed by atoms with E-state index < -0.39 is 0 Å². The molecule has 9 heteroatoms. The molecule has 1 saturated heterocycles. The van der Waals surface area contributed by atoms with Crippen molar-refractivity contribution in [3.63, 3.8) is 0 Å². The van der Waals surface area contributed by atoms with Crippen molar-refractivity contribution in [3.8, 4) is 6.07 Å². The lowest BCUT2D eigenvalue weighted by molar-refractivity contribution is 0.262. The van der Waals surface area contributed by atoms with Gasteiger partial charge >= 0.3 is 6.03 Å². The molecule has 2 amide bonds. The highest BCUT2D eigenvalue weighted by Crippen LogP contribution is 2.32. The monoisotopic (exact) mass is 360 g/mol. The summed E-state index contributed by atoms with van der Waals surface area (Å²) in [6.45, 7) is 2.07. The number of urea groups is 1. The van der Waals surface area contributed by atoms with Gasteiger partial charge in [-0.25, -0.2) is 4.79 Å². The lowest BCUT2D eigenvalue weighted by atomic mass is 10.2. The number of anilines is 2. The standard InChI is InChI=1S/C15H16N6OS2/c16-9-10-1-3-11(4-2-10)18-13(22)19-14-20-21-15(24-14)23-12-5-7-17-8-6-12/h1-4,12,17H,5-8H2,(H2,18,19,20,22). The zero-order chi connectivity index (χ0) is 16.8. The number of hydrogen-bond acceptors (Lipinski definition) is 7. The molecule has 0 spiro atoms. The summed E-state index contributed by atoms with van der Waals surface area (Å²) in [6, 6.07) is 8.30. The maximum Gasteiger partial charge on any atom is 0.325 e. The number of carbonyl (C=O) groups is 1. The van der Waals surface area contributed by atoms with Gasteiger partial charge in [-0.3, -0.25) is 5.32 Å². The molecule has 0 bridgehead atoms. The molecule has 3 rings (SSSR count). The lowest BCUT2D eigenvalue weighted by Gasteiger charge is -2.20. The summed E-state index contributed by atoms with van der Waals surface area (Å²) in [7, 11) is 0. The molecule has 0 atom stereocenters. The van der Waals surface area contributed by atoms with Crippen LogP contribution in [0.4, 0.5) is 15.6 Å². The summed E-state index contributed by atoms with van der Waals surface area (Å²) in [5.74, 6) is 0. The fourth-order valence-corrected chi connectivity index (χ4v) is 4.41. The molecule has 2 heterocycles. The van der Waals surface area contributed by atoms with Crippen molar-refractivity contribution in [1.29, 1.82) is 5.26 Å². The van der Waals surface area contributed by atoms with Gasteiger partial charge in [0.25, 0.3) is 0 Å². The molecule has 1 fully saturated rings. The molecule has 24 heavy (non-hydrogen) atoms. The van der Waals surface area contributed by atoms with E-state index in [4.69, 9.17) is 5.26 Å². The number of piperidine rings is 1. The summed E-state index contributed by atoms with van der Waals surface area (Å²) < 4.78 is 0.871. The quantitative estimate of drug-likeness (QED) is 0.725. The Hall–Kier alpha value is -2.15. The van der Waals surface area contributed by atoms with Gasteiger partial charge in [0, 0.05) is 10.9 Å². The van der Waals surface area contributed by atoms with Crippen LogP contribution in [0.3, 0.4) is 0 Å². The van der Waals surface area contributed by atoms with Crippen molar-refractivity contribution in [2.24, 2.45) is 0 Å². The van der Waals surface area contributed by atoms with Crippen LogP contribution in [0.15, 0.2) is 28.6 Å². The summed E-state index contributed by atoms with van der Waals surface area (Å²) >= 11 is 3.10. The Morgan fingerprint density at radius 1 is 1.25 bits per heavy atom. The van der Waals surface area contributed by atoms with Crippen LogP contribution in [-0.2, 0) is 0 Å². The zero-order valence-electron chi connectivity index (χ0n) is 12.8. The predicted molar refractivity (Wildman–Crippen MR) is 95.5 cm³/mol. The Kier molecular flexibility index (Phi) is 5.63. The Bertz CT molecular complexity index is 733. The molecule has 1 aliphatic heterocycles. The molecule has 0 radical (unpaired) electrons. The van der Waals surface area contributed by atoms with E-state index in [0.717, 1.165) is 30.3 Å². The number of aromatic nitrogens is 2. The fraction of sp³-hybridized carbons (Fsp3) is 0.333. The van der Waals surface area contributed by atoms with Gasteiger partial charge in [-0.05, 0) is 50.2 Å². The van der Waals surface area contributed by atoms with Crippen LogP contribution in [0.2, 0.25) is 0 Å². The number of nitrogens with zero attached hydrogens (tertiary/aromatic N) is 3. The molecule has 7 nitrogen and oxygen atoms in total. The normalized spacial score (nSPS) is 14.8. The summed E-state index contributed by atoms with van der Waals surface area (Å²) in [5, 5.41) is 26.6. The zero-order valence-corrected chi connectivity index (χ0v) is 14.4. The Labute approximate surface area is 147 Å². The highest BCUT2D eigenvalue weighted by Gasteiger charge is 2.17. The first-order valence-corrected chi connectivity index (χ1v) is 9.21. The predicted octanol–water partition coefficient (Wildman–Crippen LogP) is 2.90. The molecular formula is C15H16N6OS2. The molecule has 3 N–H and O–H groups in total. The molecule has 1 aromatic carbocycles. The van der Waals surface area contributed by atoms with E-state index in [0.29, 0.717) is 21.6 Å². The van der Waals surface area contributed by atoms with Crippen molar-refractivity contribution in [1.82, 2.24) is 15.5 Å². The first-order valence-electron chi connectivity index (χ1n) is 7.52. The number of nitrogens with one attached hydrogen (secondary N) is 3. The van der Waals surface area contributed by atoms with E-state index >= 15 is 0 Å². The highest BCUT2D eigenvalue weighted by atomic mass is 32.2. The maximum absolute atomic E-state index is 12.0. The second kappa shape index (κ2) is 8.10. The number of hydrogen-bond donors (Lipinski definition) is 3. The summed E-state index contributed by atoms with van der Waals surface area (Å²) in [4.78, 5) is 12.0.